The first kappa shape index (κ1) is 31.0. The molecule has 0 heterocycles. The zero-order valence-corrected chi connectivity index (χ0v) is 29.2. The van der Waals surface area contributed by atoms with Crippen LogP contribution in [-0.2, 0) is 19.1 Å². The van der Waals surface area contributed by atoms with Crippen LogP contribution >= 0.6 is 0 Å². The van der Waals surface area contributed by atoms with Gasteiger partial charge in [-0.15, -0.1) is 0 Å². The molecule has 1 aliphatic carbocycles. The van der Waals surface area contributed by atoms with Gasteiger partial charge in [-0.1, -0.05) is 0 Å². The molecule has 41 heavy (non-hydrogen) atoms. The Morgan fingerprint density at radius 3 is 1.41 bits per heavy atom. The zero-order chi connectivity index (χ0) is 29.9. The van der Waals surface area contributed by atoms with Crippen molar-refractivity contribution in [1.29, 1.82) is 0 Å². The van der Waals surface area contributed by atoms with Gasteiger partial charge < -0.3 is 0 Å². The summed E-state index contributed by atoms with van der Waals surface area (Å²) in [5, 5.41) is 0.0888. The topological polar surface area (TPSA) is 52.6 Å². The maximum absolute atomic E-state index is 13.4. The van der Waals surface area contributed by atoms with Crippen molar-refractivity contribution < 1.29 is 19.1 Å². The van der Waals surface area contributed by atoms with Gasteiger partial charge in [-0.3, -0.25) is 0 Å². The third-order valence-corrected chi connectivity index (χ3v) is 26.9. The summed E-state index contributed by atoms with van der Waals surface area (Å²) in [7, 11) is 0.748. The summed E-state index contributed by atoms with van der Waals surface area (Å²) in [6.07, 6.45) is 0.545. The van der Waals surface area contributed by atoms with Crippen molar-refractivity contribution in [1.82, 2.24) is 0 Å². The van der Waals surface area contributed by atoms with E-state index in [9.17, 15) is 9.59 Å². The standard InChI is InChI=1S/C17H27O4Si.3C6H5.Sn/c1-12-9-17(14(18)20-5,15(19)21-6)10-13(12)11-22(7,8)16(2,3)4;3*1-2-4-6-5-3-1;/h1,11H,9-10H2,2-8H3;3*1-5H;/b12-1?,13-11-;;;;. The van der Waals surface area contributed by atoms with Crippen LogP contribution in [0.2, 0.25) is 18.1 Å². The molecule has 0 unspecified atom stereocenters. The number of methoxy groups -OCH3 is 2. The Morgan fingerprint density at radius 2 is 1.07 bits per heavy atom. The van der Waals surface area contributed by atoms with E-state index >= 15 is 0 Å². The average Bonchev–Trinajstić information content (AvgIpc) is 3.33. The number of rotatable bonds is 7. The summed E-state index contributed by atoms with van der Waals surface area (Å²) < 4.78 is 17.0. The first-order chi connectivity index (χ1) is 19.4. The fourth-order valence-electron chi connectivity index (χ4n) is 5.76. The number of ether oxygens (including phenoxy) is 2. The molecule has 0 radical (unpaired) electrons. The van der Waals surface area contributed by atoms with Gasteiger partial charge in [-0.25, -0.2) is 0 Å². The minimum absolute atomic E-state index is 0.0888. The van der Waals surface area contributed by atoms with Gasteiger partial charge in [0.2, 0.25) is 0 Å². The maximum atomic E-state index is 13.4. The molecule has 0 aromatic heterocycles. The molecule has 0 saturated heterocycles. The van der Waals surface area contributed by atoms with E-state index in [4.69, 9.17) is 9.47 Å². The zero-order valence-electron chi connectivity index (χ0n) is 25.4. The first-order valence-corrected chi connectivity index (χ1v) is 23.2. The van der Waals surface area contributed by atoms with Crippen molar-refractivity contribution in [2.24, 2.45) is 5.41 Å². The number of esters is 2. The molecule has 3 aromatic carbocycles. The molecule has 1 aliphatic rings. The Kier molecular flexibility index (Phi) is 9.19. The van der Waals surface area contributed by atoms with Gasteiger partial charge in [-0.05, 0) is 0 Å². The van der Waals surface area contributed by atoms with E-state index in [1.54, 1.807) is 0 Å². The third kappa shape index (κ3) is 5.89. The normalized spacial score (nSPS) is 17.4. The van der Waals surface area contributed by atoms with Crippen molar-refractivity contribution in [3.8, 4) is 0 Å². The quantitative estimate of drug-likeness (QED) is 0.183. The van der Waals surface area contributed by atoms with Gasteiger partial charge in [0.25, 0.3) is 0 Å². The Balaban J connectivity index is 2.12. The van der Waals surface area contributed by atoms with Gasteiger partial charge in [0.05, 0.1) is 0 Å². The van der Waals surface area contributed by atoms with Crippen molar-refractivity contribution in [3.63, 3.8) is 0 Å². The van der Waals surface area contributed by atoms with Crippen LogP contribution < -0.4 is 10.7 Å². The molecule has 0 spiro atoms. The number of hydrogen-bond acceptors (Lipinski definition) is 4. The molecule has 0 aliphatic heterocycles. The molecule has 4 rings (SSSR count). The monoisotopic (exact) mass is 674 g/mol. The van der Waals surface area contributed by atoms with E-state index in [0.717, 1.165) is 11.1 Å². The summed E-state index contributed by atoms with van der Waals surface area (Å²) in [4.78, 5) is 26.8. The number of hydrogen-bond donors (Lipinski definition) is 0. The Bertz CT molecular complexity index is 1330. The first-order valence-electron chi connectivity index (χ1n) is 14.2. The van der Waals surface area contributed by atoms with E-state index in [2.05, 4.69) is 135 Å². The SMILES string of the molecule is COC(=O)C1(C(=O)OC)CC(=C/[Si](C)(C)C(C)(C)C)/C(=[CH]\[Sn]([c]2ccccc2)([c]2ccccc2)[c]2ccccc2)C1. The van der Waals surface area contributed by atoms with E-state index < -0.39 is 43.8 Å². The number of carbonyl (C=O) groups is 2. The fraction of sp³-hybridized carbons (Fsp3) is 0.314. The number of carbonyl (C=O) groups excluding carboxylic acids is 2. The van der Waals surface area contributed by atoms with Crippen LogP contribution in [-0.4, -0.2) is 52.6 Å². The van der Waals surface area contributed by atoms with E-state index in [1.807, 2.05) is 0 Å². The second kappa shape index (κ2) is 12.1. The minimum atomic E-state index is -3.88. The van der Waals surface area contributed by atoms with Gasteiger partial charge in [-0.2, -0.15) is 0 Å². The number of allylic oxidation sites excluding steroid dienone is 2. The predicted octanol–water partition coefficient (Wildman–Crippen LogP) is 5.72. The summed E-state index contributed by atoms with van der Waals surface area (Å²) in [6.45, 7) is 11.6. The molecular weight excluding hydrogens is 631 g/mol. The van der Waals surface area contributed by atoms with Crippen molar-refractivity contribution in [2.45, 2.75) is 51.7 Å². The molecule has 3 aromatic rings. The third-order valence-electron chi connectivity index (χ3n) is 9.10. The molecule has 0 N–H and O–H groups in total. The van der Waals surface area contributed by atoms with Gasteiger partial charge >= 0.3 is 252 Å². The molecule has 0 bridgehead atoms. The van der Waals surface area contributed by atoms with Crippen LogP contribution in [0.1, 0.15) is 33.6 Å². The predicted molar refractivity (Wildman–Crippen MR) is 173 cm³/mol. The molecule has 4 nitrogen and oxygen atoms in total. The molecular formula is C35H42O4SiSn. The molecule has 6 heteroatoms. The fourth-order valence-corrected chi connectivity index (χ4v) is 20.1. The Labute approximate surface area is 250 Å². The summed E-state index contributed by atoms with van der Waals surface area (Å²) >= 11 is -3.88. The van der Waals surface area contributed by atoms with Crippen LogP contribution in [0.25, 0.3) is 0 Å². The number of benzene rings is 3. The molecule has 214 valence electrons. The molecule has 0 atom stereocenters. The van der Waals surface area contributed by atoms with Gasteiger partial charge in [0, 0.05) is 0 Å². The van der Waals surface area contributed by atoms with Gasteiger partial charge in [0.1, 0.15) is 0 Å². The van der Waals surface area contributed by atoms with Crippen molar-refractivity contribution >= 4 is 49.1 Å². The van der Waals surface area contributed by atoms with E-state index in [0.29, 0.717) is 0 Å². The molecule has 0 amide bonds. The van der Waals surface area contributed by atoms with Crippen molar-refractivity contribution in [3.05, 3.63) is 112 Å². The second-order valence-electron chi connectivity index (χ2n) is 12.6. The molecule has 1 saturated carbocycles. The van der Waals surface area contributed by atoms with E-state index in [-0.39, 0.29) is 17.9 Å². The Morgan fingerprint density at radius 1 is 0.707 bits per heavy atom. The second-order valence-corrected chi connectivity index (χ2v) is 28.2. The average molecular weight is 674 g/mol. The van der Waals surface area contributed by atoms with E-state index in [1.165, 1.54) is 25.0 Å². The van der Waals surface area contributed by atoms with Crippen LogP contribution in [0, 0.1) is 5.41 Å². The summed E-state index contributed by atoms with van der Waals surface area (Å²) in [6, 6.07) is 32.3. The van der Waals surface area contributed by atoms with Crippen LogP contribution in [0.4, 0.5) is 0 Å². The summed E-state index contributed by atoms with van der Waals surface area (Å²) in [5.41, 5.74) is 3.17. The van der Waals surface area contributed by atoms with Crippen LogP contribution in [0.3, 0.4) is 0 Å². The van der Waals surface area contributed by atoms with Crippen LogP contribution in [0.15, 0.2) is 112 Å². The molecule has 1 fully saturated rings. The van der Waals surface area contributed by atoms with Crippen molar-refractivity contribution in [2.75, 3.05) is 14.2 Å². The summed E-state index contributed by atoms with van der Waals surface area (Å²) in [5.74, 6) is -1.07. The van der Waals surface area contributed by atoms with Gasteiger partial charge in [0.15, 0.2) is 0 Å². The Hall–Kier alpha value is -2.90. The van der Waals surface area contributed by atoms with Crippen LogP contribution in [0.5, 0.6) is 0 Å².